The number of benzene rings is 1. The van der Waals surface area contributed by atoms with Gasteiger partial charge in [-0.1, -0.05) is 18.2 Å². The number of carbonyl (C=O) groups is 1. The van der Waals surface area contributed by atoms with Crippen molar-refractivity contribution >= 4 is 26.7 Å². The first-order chi connectivity index (χ1) is 13.4. The van der Waals surface area contributed by atoms with E-state index in [-0.39, 0.29) is 36.7 Å². The Bertz CT molecular complexity index is 1210. The maximum atomic E-state index is 12.8. The highest BCUT2D eigenvalue weighted by Gasteiger charge is 2.36. The monoisotopic (exact) mass is 402 g/mol. The number of hydrogen-bond donors (Lipinski definition) is 0. The Labute approximate surface area is 160 Å². The van der Waals surface area contributed by atoms with Gasteiger partial charge in [-0.3, -0.25) is 4.79 Å². The van der Waals surface area contributed by atoms with E-state index in [9.17, 15) is 18.0 Å². The number of fused-ring (bicyclic) bond motifs is 1. The zero-order valence-corrected chi connectivity index (χ0v) is 15.9. The van der Waals surface area contributed by atoms with E-state index in [1.54, 1.807) is 31.3 Å². The molecule has 0 atom stereocenters. The third-order valence-electron chi connectivity index (χ3n) is 4.96. The zero-order chi connectivity index (χ0) is 19.9. The molecule has 1 amide bonds. The fourth-order valence-corrected chi connectivity index (χ4v) is 5.17. The van der Waals surface area contributed by atoms with Crippen molar-refractivity contribution in [3.8, 4) is 0 Å². The molecule has 0 saturated carbocycles. The molecule has 10 heteroatoms. The number of amides is 1. The second-order valence-electron chi connectivity index (χ2n) is 6.75. The maximum Gasteiger partial charge on any atom is 0.349 e. The second kappa shape index (κ2) is 6.86. The molecular weight excluding hydrogens is 384 g/mol. The average molecular weight is 402 g/mol. The lowest BCUT2D eigenvalue weighted by molar-refractivity contribution is 0.0721. The van der Waals surface area contributed by atoms with Gasteiger partial charge in [0.2, 0.25) is 15.0 Å². The van der Waals surface area contributed by atoms with Gasteiger partial charge in [0.25, 0.3) is 5.91 Å². The first-order valence-corrected chi connectivity index (χ1v) is 10.3. The Hall–Kier alpha value is -3.01. The van der Waals surface area contributed by atoms with Crippen molar-refractivity contribution in [3.63, 3.8) is 0 Å². The first kappa shape index (κ1) is 18.4. The quantitative estimate of drug-likeness (QED) is 0.600. The van der Waals surface area contributed by atoms with Crippen LogP contribution in [-0.2, 0) is 16.9 Å². The Balaban J connectivity index is 1.53. The van der Waals surface area contributed by atoms with Crippen LogP contribution in [0.1, 0.15) is 23.2 Å². The fraction of sp³-hybridized carbons (Fsp3) is 0.333. The summed E-state index contributed by atoms with van der Waals surface area (Å²) >= 11 is 0. The minimum Gasteiger partial charge on any atom is -0.422 e. The van der Waals surface area contributed by atoms with Crippen molar-refractivity contribution in [2.24, 2.45) is 7.05 Å². The number of rotatable bonds is 3. The van der Waals surface area contributed by atoms with E-state index in [2.05, 4.69) is 10.2 Å². The molecule has 1 aromatic carbocycles. The van der Waals surface area contributed by atoms with Crippen LogP contribution in [0.2, 0.25) is 0 Å². The summed E-state index contributed by atoms with van der Waals surface area (Å²) in [5.74, 6) is -0.450. The van der Waals surface area contributed by atoms with Gasteiger partial charge in [0, 0.05) is 25.5 Å². The average Bonchev–Trinajstić information content (AvgIpc) is 3.14. The van der Waals surface area contributed by atoms with E-state index in [0.29, 0.717) is 11.0 Å². The standard InChI is InChI=1S/C18H18N4O5S/c1-21-11-19-20-18(21)28(25,26)13-6-8-22(9-7-13)16(23)14-10-12-4-2-3-5-15(12)27-17(14)24/h2-5,10-11,13H,6-9H2,1H3. The first-order valence-electron chi connectivity index (χ1n) is 8.78. The van der Waals surface area contributed by atoms with Crippen LogP contribution in [0.15, 0.2) is 51.0 Å². The lowest BCUT2D eigenvalue weighted by atomic mass is 10.1. The molecule has 1 saturated heterocycles. The number of likely N-dealkylation sites (tertiary alicyclic amines) is 1. The van der Waals surface area contributed by atoms with Crippen LogP contribution in [0, 0.1) is 0 Å². The van der Waals surface area contributed by atoms with Gasteiger partial charge in [0.15, 0.2) is 0 Å². The van der Waals surface area contributed by atoms with E-state index in [0.717, 1.165) is 0 Å². The van der Waals surface area contributed by atoms with E-state index in [1.165, 1.54) is 21.9 Å². The number of aryl methyl sites for hydroxylation is 1. The van der Waals surface area contributed by atoms with Gasteiger partial charge in [-0.2, -0.15) is 0 Å². The van der Waals surface area contributed by atoms with Crippen LogP contribution >= 0.6 is 0 Å². The molecule has 0 radical (unpaired) electrons. The molecule has 2 aromatic heterocycles. The molecule has 0 bridgehead atoms. The molecule has 0 N–H and O–H groups in total. The van der Waals surface area contributed by atoms with Crippen molar-refractivity contribution in [2.75, 3.05) is 13.1 Å². The highest BCUT2D eigenvalue weighted by molar-refractivity contribution is 7.91. The summed E-state index contributed by atoms with van der Waals surface area (Å²) in [6.07, 6.45) is 1.87. The zero-order valence-electron chi connectivity index (χ0n) is 15.1. The Morgan fingerprint density at radius 2 is 1.93 bits per heavy atom. The third kappa shape index (κ3) is 3.09. The van der Waals surface area contributed by atoms with Crippen molar-refractivity contribution in [3.05, 3.63) is 52.6 Å². The molecule has 1 fully saturated rings. The smallest absolute Gasteiger partial charge is 0.349 e. The molecular formula is C18H18N4O5S. The lowest BCUT2D eigenvalue weighted by Crippen LogP contribution is -2.44. The van der Waals surface area contributed by atoms with E-state index >= 15 is 0 Å². The Morgan fingerprint density at radius 1 is 1.21 bits per heavy atom. The van der Waals surface area contributed by atoms with Crippen molar-refractivity contribution in [1.29, 1.82) is 0 Å². The molecule has 0 aliphatic carbocycles. The van der Waals surface area contributed by atoms with Crippen LogP contribution in [0.25, 0.3) is 11.0 Å². The minimum atomic E-state index is -3.63. The molecule has 1 aliphatic heterocycles. The predicted octanol–water partition coefficient (Wildman–Crippen LogP) is 1.000. The molecule has 3 aromatic rings. The number of nitrogens with zero attached hydrogens (tertiary/aromatic N) is 4. The molecule has 3 heterocycles. The molecule has 28 heavy (non-hydrogen) atoms. The minimum absolute atomic E-state index is 0.0479. The molecule has 146 valence electrons. The fourth-order valence-electron chi connectivity index (χ4n) is 3.43. The van der Waals surface area contributed by atoms with Crippen LogP contribution in [-0.4, -0.2) is 52.3 Å². The highest BCUT2D eigenvalue weighted by Crippen LogP contribution is 2.24. The topological polar surface area (TPSA) is 115 Å². The van der Waals surface area contributed by atoms with Gasteiger partial charge < -0.3 is 13.9 Å². The summed E-state index contributed by atoms with van der Waals surface area (Å²) in [5, 5.41) is 7.26. The molecule has 1 aliphatic rings. The summed E-state index contributed by atoms with van der Waals surface area (Å²) in [6, 6.07) is 8.48. The summed E-state index contributed by atoms with van der Waals surface area (Å²) in [6.45, 7) is 0.458. The normalized spacial score (nSPS) is 15.8. The summed E-state index contributed by atoms with van der Waals surface area (Å²) in [7, 11) is -2.06. The van der Waals surface area contributed by atoms with Crippen LogP contribution < -0.4 is 5.63 Å². The van der Waals surface area contributed by atoms with Crippen molar-refractivity contribution in [2.45, 2.75) is 23.2 Å². The SMILES string of the molecule is Cn1cnnc1S(=O)(=O)C1CCN(C(=O)c2cc3ccccc3oc2=O)CC1. The van der Waals surface area contributed by atoms with Gasteiger partial charge in [0.05, 0.1) is 5.25 Å². The van der Waals surface area contributed by atoms with E-state index < -0.39 is 26.6 Å². The predicted molar refractivity (Wildman–Crippen MR) is 99.6 cm³/mol. The van der Waals surface area contributed by atoms with E-state index in [1.807, 2.05) is 0 Å². The molecule has 4 rings (SSSR count). The number of carbonyl (C=O) groups excluding carboxylic acids is 1. The summed E-state index contributed by atoms with van der Waals surface area (Å²) in [5.41, 5.74) is -0.330. The van der Waals surface area contributed by atoms with Crippen LogP contribution in [0.5, 0.6) is 0 Å². The van der Waals surface area contributed by atoms with Gasteiger partial charge >= 0.3 is 5.63 Å². The third-order valence-corrected chi connectivity index (χ3v) is 7.19. The largest absolute Gasteiger partial charge is 0.422 e. The maximum absolute atomic E-state index is 12.8. The molecule has 0 unspecified atom stereocenters. The Kier molecular flexibility index (Phi) is 4.50. The number of piperidine rings is 1. The second-order valence-corrected chi connectivity index (χ2v) is 8.87. The van der Waals surface area contributed by atoms with Gasteiger partial charge in [0.1, 0.15) is 17.5 Å². The Morgan fingerprint density at radius 3 is 2.61 bits per heavy atom. The molecule has 0 spiro atoms. The molecule has 9 nitrogen and oxygen atoms in total. The number of para-hydroxylation sites is 1. The highest BCUT2D eigenvalue weighted by atomic mass is 32.2. The van der Waals surface area contributed by atoms with Crippen molar-refractivity contribution in [1.82, 2.24) is 19.7 Å². The van der Waals surface area contributed by atoms with E-state index in [4.69, 9.17) is 4.42 Å². The lowest BCUT2D eigenvalue weighted by Gasteiger charge is -2.31. The van der Waals surface area contributed by atoms with Crippen LogP contribution in [0.4, 0.5) is 0 Å². The number of aromatic nitrogens is 3. The van der Waals surface area contributed by atoms with Gasteiger partial charge in [-0.15, -0.1) is 10.2 Å². The number of sulfone groups is 1. The van der Waals surface area contributed by atoms with Gasteiger partial charge in [-0.25, -0.2) is 13.2 Å². The summed E-state index contributed by atoms with van der Waals surface area (Å²) in [4.78, 5) is 26.5. The number of hydrogen-bond acceptors (Lipinski definition) is 7. The van der Waals surface area contributed by atoms with Gasteiger partial charge in [-0.05, 0) is 25.0 Å². The van der Waals surface area contributed by atoms with Crippen molar-refractivity contribution < 1.29 is 17.6 Å². The summed E-state index contributed by atoms with van der Waals surface area (Å²) < 4.78 is 32.0. The van der Waals surface area contributed by atoms with Crippen LogP contribution in [0.3, 0.4) is 0 Å².